The Labute approximate surface area is 125 Å². The van der Waals surface area contributed by atoms with Crippen LogP contribution >= 0.6 is 11.3 Å². The lowest BCUT2D eigenvalue weighted by atomic mass is 10.1. The third-order valence-corrected chi connectivity index (χ3v) is 3.93. The van der Waals surface area contributed by atoms with Crippen molar-refractivity contribution in [2.45, 2.75) is 39.8 Å². The summed E-state index contributed by atoms with van der Waals surface area (Å²) in [5, 5.41) is 6.61. The van der Waals surface area contributed by atoms with Crippen molar-refractivity contribution < 1.29 is 4.74 Å². The summed E-state index contributed by atoms with van der Waals surface area (Å²) in [6.07, 6.45) is 1.14. The number of rotatable bonds is 7. The molecule has 108 valence electrons. The molecule has 1 atom stereocenters. The van der Waals surface area contributed by atoms with Gasteiger partial charge in [0.25, 0.3) is 0 Å². The first-order chi connectivity index (χ1) is 9.69. The molecule has 0 saturated heterocycles. The van der Waals surface area contributed by atoms with Crippen LogP contribution in [0.25, 0.3) is 0 Å². The van der Waals surface area contributed by atoms with Crippen molar-refractivity contribution in [3.63, 3.8) is 0 Å². The SMILES string of the molecule is CCCNC(C)c1cccc(OCc2csc(C)n2)c1. The highest BCUT2D eigenvalue weighted by Crippen LogP contribution is 2.20. The quantitative estimate of drug-likeness (QED) is 0.834. The molecule has 4 heteroatoms. The Balaban J connectivity index is 1.95. The maximum atomic E-state index is 5.82. The van der Waals surface area contributed by atoms with E-state index in [1.165, 1.54) is 5.56 Å². The molecule has 0 amide bonds. The Bertz CT molecular complexity index is 539. The minimum absolute atomic E-state index is 0.347. The number of hydrogen-bond donors (Lipinski definition) is 1. The molecule has 0 aliphatic carbocycles. The van der Waals surface area contributed by atoms with E-state index in [0.29, 0.717) is 12.6 Å². The molecule has 0 radical (unpaired) electrons. The minimum Gasteiger partial charge on any atom is -0.487 e. The molecule has 0 aliphatic heterocycles. The van der Waals surface area contributed by atoms with Crippen LogP contribution in [0.3, 0.4) is 0 Å². The van der Waals surface area contributed by atoms with Crippen molar-refractivity contribution in [2.75, 3.05) is 6.54 Å². The molecule has 1 N–H and O–H groups in total. The normalized spacial score (nSPS) is 12.3. The van der Waals surface area contributed by atoms with Crippen LogP contribution in [0.2, 0.25) is 0 Å². The number of nitrogens with zero attached hydrogens (tertiary/aromatic N) is 1. The van der Waals surface area contributed by atoms with Gasteiger partial charge in [-0.1, -0.05) is 19.1 Å². The lowest BCUT2D eigenvalue weighted by Crippen LogP contribution is -2.19. The lowest BCUT2D eigenvalue weighted by molar-refractivity contribution is 0.301. The molecule has 0 spiro atoms. The van der Waals surface area contributed by atoms with E-state index >= 15 is 0 Å². The second-order valence-corrected chi connectivity index (χ2v) is 5.96. The summed E-state index contributed by atoms with van der Waals surface area (Å²) >= 11 is 1.66. The molecule has 0 saturated carbocycles. The summed E-state index contributed by atoms with van der Waals surface area (Å²) < 4.78 is 5.82. The van der Waals surface area contributed by atoms with E-state index in [-0.39, 0.29) is 0 Å². The molecule has 0 fully saturated rings. The summed E-state index contributed by atoms with van der Waals surface area (Å²) in [7, 11) is 0. The first-order valence-electron chi connectivity index (χ1n) is 7.06. The maximum Gasteiger partial charge on any atom is 0.131 e. The van der Waals surface area contributed by atoms with Gasteiger partial charge in [-0.25, -0.2) is 4.98 Å². The van der Waals surface area contributed by atoms with Gasteiger partial charge in [0.15, 0.2) is 0 Å². The van der Waals surface area contributed by atoms with E-state index < -0.39 is 0 Å². The van der Waals surface area contributed by atoms with E-state index in [4.69, 9.17) is 4.74 Å². The van der Waals surface area contributed by atoms with E-state index in [9.17, 15) is 0 Å². The van der Waals surface area contributed by atoms with Crippen molar-refractivity contribution in [1.29, 1.82) is 0 Å². The average molecular weight is 290 g/mol. The highest BCUT2D eigenvalue weighted by atomic mass is 32.1. The summed E-state index contributed by atoms with van der Waals surface area (Å²) in [6.45, 7) is 7.93. The molecule has 1 aromatic carbocycles. The second kappa shape index (κ2) is 7.41. The Morgan fingerprint density at radius 2 is 2.25 bits per heavy atom. The van der Waals surface area contributed by atoms with Gasteiger partial charge in [0.1, 0.15) is 12.4 Å². The fourth-order valence-electron chi connectivity index (χ4n) is 1.98. The van der Waals surface area contributed by atoms with Crippen molar-refractivity contribution in [3.05, 3.63) is 45.9 Å². The summed E-state index contributed by atoms with van der Waals surface area (Å²) in [6, 6.07) is 8.62. The van der Waals surface area contributed by atoms with Crippen LogP contribution in [0.5, 0.6) is 5.75 Å². The molecule has 20 heavy (non-hydrogen) atoms. The number of ether oxygens (including phenoxy) is 1. The largest absolute Gasteiger partial charge is 0.487 e. The zero-order chi connectivity index (χ0) is 14.4. The van der Waals surface area contributed by atoms with Gasteiger partial charge in [-0.3, -0.25) is 0 Å². The van der Waals surface area contributed by atoms with Crippen LogP contribution in [-0.2, 0) is 6.61 Å². The number of nitrogens with one attached hydrogen (secondary N) is 1. The van der Waals surface area contributed by atoms with Gasteiger partial charge in [-0.05, 0) is 44.5 Å². The first kappa shape index (κ1) is 15.0. The van der Waals surface area contributed by atoms with Gasteiger partial charge in [0.05, 0.1) is 10.7 Å². The molecule has 2 aromatic rings. The number of hydrogen-bond acceptors (Lipinski definition) is 4. The predicted molar refractivity (Wildman–Crippen MR) is 84.3 cm³/mol. The molecular formula is C16H22N2OS. The molecule has 1 aromatic heterocycles. The molecule has 1 heterocycles. The Morgan fingerprint density at radius 1 is 1.40 bits per heavy atom. The highest BCUT2D eigenvalue weighted by Gasteiger charge is 2.06. The van der Waals surface area contributed by atoms with E-state index in [0.717, 1.165) is 29.4 Å². The zero-order valence-corrected chi connectivity index (χ0v) is 13.2. The third-order valence-electron chi connectivity index (χ3n) is 3.11. The van der Waals surface area contributed by atoms with Crippen molar-refractivity contribution >= 4 is 11.3 Å². The Morgan fingerprint density at radius 3 is 2.95 bits per heavy atom. The molecule has 0 bridgehead atoms. The molecule has 3 nitrogen and oxygen atoms in total. The van der Waals surface area contributed by atoms with Crippen LogP contribution in [0, 0.1) is 6.92 Å². The summed E-state index contributed by atoms with van der Waals surface area (Å²) in [5.41, 5.74) is 2.25. The van der Waals surface area contributed by atoms with Crippen LogP contribution in [0.1, 0.15) is 42.6 Å². The topological polar surface area (TPSA) is 34.1 Å². The van der Waals surface area contributed by atoms with Crippen LogP contribution in [-0.4, -0.2) is 11.5 Å². The van der Waals surface area contributed by atoms with Gasteiger partial charge < -0.3 is 10.1 Å². The summed E-state index contributed by atoms with van der Waals surface area (Å²) in [5.74, 6) is 0.901. The van der Waals surface area contributed by atoms with Crippen LogP contribution in [0.4, 0.5) is 0 Å². The highest BCUT2D eigenvalue weighted by molar-refractivity contribution is 7.09. The lowest BCUT2D eigenvalue weighted by Gasteiger charge is -2.14. The fourth-order valence-corrected chi connectivity index (χ4v) is 2.58. The van der Waals surface area contributed by atoms with Gasteiger partial charge >= 0.3 is 0 Å². The molecular weight excluding hydrogens is 268 g/mol. The number of benzene rings is 1. The van der Waals surface area contributed by atoms with Crippen LogP contribution in [0.15, 0.2) is 29.6 Å². The van der Waals surface area contributed by atoms with Crippen molar-refractivity contribution in [2.24, 2.45) is 0 Å². The van der Waals surface area contributed by atoms with E-state index in [1.807, 2.05) is 24.4 Å². The third kappa shape index (κ3) is 4.32. The number of thiazole rings is 1. The second-order valence-electron chi connectivity index (χ2n) is 4.89. The van der Waals surface area contributed by atoms with Crippen molar-refractivity contribution in [1.82, 2.24) is 10.3 Å². The minimum atomic E-state index is 0.347. The predicted octanol–water partition coefficient (Wildman–Crippen LogP) is 4.09. The smallest absolute Gasteiger partial charge is 0.131 e. The first-order valence-corrected chi connectivity index (χ1v) is 7.94. The van der Waals surface area contributed by atoms with Crippen molar-refractivity contribution in [3.8, 4) is 5.75 Å². The summed E-state index contributed by atoms with van der Waals surface area (Å²) in [4.78, 5) is 4.40. The van der Waals surface area contributed by atoms with Gasteiger partial charge in [0.2, 0.25) is 0 Å². The Hall–Kier alpha value is -1.39. The van der Waals surface area contributed by atoms with E-state index in [1.54, 1.807) is 11.3 Å². The van der Waals surface area contributed by atoms with Gasteiger partial charge in [0, 0.05) is 11.4 Å². The van der Waals surface area contributed by atoms with Gasteiger partial charge in [-0.2, -0.15) is 0 Å². The molecule has 0 aliphatic rings. The average Bonchev–Trinajstić information content (AvgIpc) is 2.88. The maximum absolute atomic E-state index is 5.82. The van der Waals surface area contributed by atoms with Crippen LogP contribution < -0.4 is 10.1 Å². The Kier molecular flexibility index (Phi) is 5.56. The fraction of sp³-hybridized carbons (Fsp3) is 0.438. The monoisotopic (exact) mass is 290 g/mol. The van der Waals surface area contributed by atoms with E-state index in [2.05, 4.69) is 36.3 Å². The standard InChI is InChI=1S/C16H22N2OS/c1-4-8-17-12(2)14-6-5-7-16(9-14)19-10-15-11-20-13(3)18-15/h5-7,9,11-12,17H,4,8,10H2,1-3H3. The molecule has 2 rings (SSSR count). The molecule has 1 unspecified atom stereocenters. The zero-order valence-electron chi connectivity index (χ0n) is 12.3. The van der Waals surface area contributed by atoms with Gasteiger partial charge in [-0.15, -0.1) is 11.3 Å². The number of aryl methyl sites for hydroxylation is 1. The number of aromatic nitrogens is 1.